The highest BCUT2D eigenvalue weighted by atomic mass is 15.2. The minimum Gasteiger partial charge on any atom is -0.271 e. The van der Waals surface area contributed by atoms with Crippen molar-refractivity contribution in [2.45, 2.75) is 64.3 Å². The van der Waals surface area contributed by atoms with Gasteiger partial charge in [-0.15, -0.1) is 0 Å². The number of hydrogen-bond donors (Lipinski definition) is 2. The number of hydrogen-bond acceptors (Lipinski definition) is 2. The molecule has 108 valence electrons. The van der Waals surface area contributed by atoms with Crippen LogP contribution in [0.1, 0.15) is 58.3 Å². The second-order valence-corrected chi connectivity index (χ2v) is 7.87. The van der Waals surface area contributed by atoms with Gasteiger partial charge in [-0.1, -0.05) is 32.6 Å². The molecular formula is C17H30N2. The highest BCUT2D eigenvalue weighted by Gasteiger charge is 2.67. The van der Waals surface area contributed by atoms with Gasteiger partial charge < -0.3 is 0 Å². The summed E-state index contributed by atoms with van der Waals surface area (Å²) in [7, 11) is 0. The molecule has 7 atom stereocenters. The zero-order chi connectivity index (χ0) is 13.0. The summed E-state index contributed by atoms with van der Waals surface area (Å²) in [5, 5.41) is 0. The Labute approximate surface area is 117 Å². The van der Waals surface area contributed by atoms with Gasteiger partial charge in [-0.3, -0.25) is 11.3 Å². The smallest absolute Gasteiger partial charge is 0.0275 e. The summed E-state index contributed by atoms with van der Waals surface area (Å²) in [5.74, 6) is 13.1. The second-order valence-electron chi connectivity index (χ2n) is 7.87. The van der Waals surface area contributed by atoms with Crippen LogP contribution in [0.25, 0.3) is 0 Å². The van der Waals surface area contributed by atoms with Gasteiger partial charge in [0.15, 0.2) is 0 Å². The summed E-state index contributed by atoms with van der Waals surface area (Å²) >= 11 is 0. The third kappa shape index (κ3) is 1.82. The van der Waals surface area contributed by atoms with Crippen LogP contribution >= 0.6 is 0 Å². The van der Waals surface area contributed by atoms with Crippen LogP contribution in [0.5, 0.6) is 0 Å². The standard InChI is InChI=1S/C17H30N2/c1-2-10-5-3-4-6-13(10)17(19-18)16-14-11-7-8-12(9-11)15(14)16/h10-17,19H,2-9,18H2,1H3. The topological polar surface area (TPSA) is 38.0 Å². The van der Waals surface area contributed by atoms with Crippen molar-refractivity contribution < 1.29 is 0 Å². The summed E-state index contributed by atoms with van der Waals surface area (Å²) in [6.45, 7) is 2.38. The van der Waals surface area contributed by atoms with Crippen molar-refractivity contribution in [3.8, 4) is 0 Å². The molecule has 19 heavy (non-hydrogen) atoms. The first-order valence-electron chi connectivity index (χ1n) is 8.81. The van der Waals surface area contributed by atoms with Gasteiger partial charge in [0, 0.05) is 6.04 Å². The molecule has 0 radical (unpaired) electrons. The monoisotopic (exact) mass is 262 g/mol. The lowest BCUT2D eigenvalue weighted by Gasteiger charge is -2.37. The van der Waals surface area contributed by atoms with Crippen LogP contribution in [-0.2, 0) is 0 Å². The van der Waals surface area contributed by atoms with Gasteiger partial charge in [-0.05, 0) is 67.1 Å². The average molecular weight is 262 g/mol. The number of fused-ring (bicyclic) bond motifs is 5. The van der Waals surface area contributed by atoms with Crippen molar-refractivity contribution in [3.05, 3.63) is 0 Å². The molecule has 4 aliphatic carbocycles. The van der Waals surface area contributed by atoms with Gasteiger partial charge >= 0.3 is 0 Å². The van der Waals surface area contributed by atoms with E-state index in [4.69, 9.17) is 5.84 Å². The third-order valence-electron chi connectivity index (χ3n) is 7.36. The van der Waals surface area contributed by atoms with E-state index in [9.17, 15) is 0 Å². The predicted octanol–water partition coefficient (Wildman–Crippen LogP) is 3.33. The van der Waals surface area contributed by atoms with Crippen molar-refractivity contribution in [2.24, 2.45) is 47.3 Å². The number of hydrazine groups is 1. The Kier molecular flexibility index (Phi) is 3.15. The Hall–Kier alpha value is -0.0800. The molecule has 0 aromatic heterocycles. The summed E-state index contributed by atoms with van der Waals surface area (Å²) in [5.41, 5.74) is 3.30. The van der Waals surface area contributed by atoms with Crippen LogP contribution < -0.4 is 11.3 Å². The molecule has 2 heteroatoms. The Balaban J connectivity index is 1.49. The maximum absolute atomic E-state index is 6.03. The van der Waals surface area contributed by atoms with Gasteiger partial charge in [-0.25, -0.2) is 0 Å². The fourth-order valence-corrected chi connectivity index (χ4v) is 6.61. The van der Waals surface area contributed by atoms with E-state index in [1.165, 1.54) is 44.9 Å². The van der Waals surface area contributed by atoms with Gasteiger partial charge in [0.05, 0.1) is 0 Å². The van der Waals surface area contributed by atoms with E-state index < -0.39 is 0 Å². The molecule has 0 saturated heterocycles. The zero-order valence-corrected chi connectivity index (χ0v) is 12.4. The minimum atomic E-state index is 0.642. The molecule has 0 aromatic carbocycles. The molecule has 2 nitrogen and oxygen atoms in total. The number of nitrogens with two attached hydrogens (primary N) is 1. The lowest BCUT2D eigenvalue weighted by molar-refractivity contribution is 0.149. The molecule has 4 saturated carbocycles. The molecule has 0 aromatic rings. The van der Waals surface area contributed by atoms with Crippen LogP contribution in [0, 0.1) is 41.4 Å². The minimum absolute atomic E-state index is 0.642. The Morgan fingerprint density at radius 1 is 1.05 bits per heavy atom. The number of rotatable bonds is 4. The van der Waals surface area contributed by atoms with E-state index in [0.29, 0.717) is 6.04 Å². The van der Waals surface area contributed by atoms with Crippen LogP contribution in [0.15, 0.2) is 0 Å². The van der Waals surface area contributed by atoms with Gasteiger partial charge in [-0.2, -0.15) is 0 Å². The maximum atomic E-state index is 6.03. The summed E-state index contributed by atoms with van der Waals surface area (Å²) in [4.78, 5) is 0. The molecule has 3 N–H and O–H groups in total. The van der Waals surface area contributed by atoms with Gasteiger partial charge in [0.2, 0.25) is 0 Å². The summed E-state index contributed by atoms with van der Waals surface area (Å²) in [6.07, 6.45) is 11.8. The number of nitrogens with one attached hydrogen (secondary N) is 1. The van der Waals surface area contributed by atoms with Crippen LogP contribution in [0.3, 0.4) is 0 Å². The lowest BCUT2D eigenvalue weighted by Crippen LogP contribution is -2.47. The van der Waals surface area contributed by atoms with E-state index in [-0.39, 0.29) is 0 Å². The maximum Gasteiger partial charge on any atom is 0.0275 e. The second kappa shape index (κ2) is 4.73. The summed E-state index contributed by atoms with van der Waals surface area (Å²) < 4.78 is 0. The van der Waals surface area contributed by atoms with E-state index in [1.807, 2.05) is 0 Å². The molecule has 0 amide bonds. The van der Waals surface area contributed by atoms with Crippen molar-refractivity contribution in [1.29, 1.82) is 0 Å². The van der Waals surface area contributed by atoms with Crippen molar-refractivity contribution in [3.63, 3.8) is 0 Å². The largest absolute Gasteiger partial charge is 0.271 e. The molecular weight excluding hydrogens is 232 g/mol. The average Bonchev–Trinajstić information content (AvgIpc) is 2.88. The van der Waals surface area contributed by atoms with E-state index in [2.05, 4.69) is 12.3 Å². The fraction of sp³-hybridized carbons (Fsp3) is 1.00. The van der Waals surface area contributed by atoms with E-state index in [0.717, 1.165) is 41.4 Å². The van der Waals surface area contributed by atoms with Crippen molar-refractivity contribution in [2.75, 3.05) is 0 Å². The van der Waals surface area contributed by atoms with Gasteiger partial charge in [0.1, 0.15) is 0 Å². The Morgan fingerprint density at radius 3 is 2.37 bits per heavy atom. The Bertz CT molecular complexity index is 326. The van der Waals surface area contributed by atoms with Crippen LogP contribution in [0.4, 0.5) is 0 Å². The van der Waals surface area contributed by atoms with Crippen LogP contribution in [0.2, 0.25) is 0 Å². The molecule has 4 rings (SSSR count). The van der Waals surface area contributed by atoms with Crippen LogP contribution in [-0.4, -0.2) is 6.04 Å². The molecule has 0 heterocycles. The summed E-state index contributed by atoms with van der Waals surface area (Å²) in [6, 6.07) is 0.642. The zero-order valence-electron chi connectivity index (χ0n) is 12.4. The normalized spacial score (nSPS) is 53.1. The quantitative estimate of drug-likeness (QED) is 0.602. The van der Waals surface area contributed by atoms with Crippen molar-refractivity contribution >= 4 is 0 Å². The first-order valence-corrected chi connectivity index (χ1v) is 8.81. The van der Waals surface area contributed by atoms with E-state index in [1.54, 1.807) is 6.42 Å². The molecule has 2 bridgehead atoms. The SMILES string of the molecule is CCC1CCCCC1C(NN)C1C2C3CCC(C3)C21. The first-order chi connectivity index (χ1) is 9.35. The highest BCUT2D eigenvalue weighted by Crippen LogP contribution is 2.71. The molecule has 4 aliphatic rings. The van der Waals surface area contributed by atoms with Crippen molar-refractivity contribution in [1.82, 2.24) is 5.43 Å². The molecule has 4 fully saturated rings. The third-order valence-corrected chi connectivity index (χ3v) is 7.36. The fourth-order valence-electron chi connectivity index (χ4n) is 6.61. The molecule has 7 unspecified atom stereocenters. The van der Waals surface area contributed by atoms with Gasteiger partial charge in [0.25, 0.3) is 0 Å². The molecule has 0 aliphatic heterocycles. The first kappa shape index (κ1) is 12.6. The Morgan fingerprint density at radius 2 is 1.74 bits per heavy atom. The predicted molar refractivity (Wildman–Crippen MR) is 78.2 cm³/mol. The lowest BCUT2D eigenvalue weighted by atomic mass is 9.72. The molecule has 0 spiro atoms. The van der Waals surface area contributed by atoms with E-state index >= 15 is 0 Å². The highest BCUT2D eigenvalue weighted by molar-refractivity contribution is 5.16.